The highest BCUT2D eigenvalue weighted by molar-refractivity contribution is 7.09. The summed E-state index contributed by atoms with van der Waals surface area (Å²) in [5.74, 6) is -5.90. The van der Waals surface area contributed by atoms with Gasteiger partial charge in [0.05, 0.1) is 19.2 Å². The number of carbonyl (C=O) groups is 3. The third-order valence-electron chi connectivity index (χ3n) is 6.15. The number of thiazole rings is 1. The normalized spacial score (nSPS) is 19.3. The van der Waals surface area contributed by atoms with Gasteiger partial charge in [0.15, 0.2) is 6.10 Å². The summed E-state index contributed by atoms with van der Waals surface area (Å²) in [5.41, 5.74) is 0.760. The number of rotatable bonds is 12. The molecule has 3 rings (SSSR count). The molecule has 9 nitrogen and oxygen atoms in total. The molecule has 0 aliphatic heterocycles. The van der Waals surface area contributed by atoms with Gasteiger partial charge in [0.1, 0.15) is 11.0 Å². The number of aromatic nitrogens is 1. The van der Waals surface area contributed by atoms with Crippen molar-refractivity contribution in [3.05, 3.63) is 52.5 Å². The Morgan fingerprint density at radius 2 is 1.97 bits per heavy atom. The molecule has 2 aromatic rings. The zero-order valence-electron chi connectivity index (χ0n) is 20.5. The fraction of sp³-hybridized carbons (Fsp3) is 0.520. The lowest BCUT2D eigenvalue weighted by Gasteiger charge is -2.30. The third-order valence-corrected chi connectivity index (χ3v) is 6.93. The summed E-state index contributed by atoms with van der Waals surface area (Å²) in [6.45, 7) is -0.0982. The van der Waals surface area contributed by atoms with Crippen molar-refractivity contribution in [3.8, 4) is 0 Å². The molecule has 0 spiro atoms. The van der Waals surface area contributed by atoms with E-state index in [4.69, 9.17) is 4.74 Å². The standard InChI is InChI=1S/C25H32F2N4O5S/c1-36-15-19(31-22(33)17-8-5-9-25(26,27)13-17)23(34)30-18(12-16-6-3-2-4-7-16)21(32)24(35)29-14-20-28-10-11-37-20/h2-4,6-7,10-11,17-19,21,32H,5,8-9,12-15H2,1H3,(H,29,35)(H,30,34)(H,31,33)/t17-,18-,19-,21+/m1/s1. The molecule has 1 aliphatic rings. The van der Waals surface area contributed by atoms with Gasteiger partial charge in [0.2, 0.25) is 17.7 Å². The maximum Gasteiger partial charge on any atom is 0.251 e. The molecule has 12 heteroatoms. The summed E-state index contributed by atoms with van der Waals surface area (Å²) in [7, 11) is 1.34. The molecule has 37 heavy (non-hydrogen) atoms. The highest BCUT2D eigenvalue weighted by Gasteiger charge is 2.40. The molecular formula is C25H32F2N4O5S. The molecule has 0 unspecified atom stereocenters. The number of ether oxygens (including phenoxy) is 1. The molecule has 1 fully saturated rings. The Labute approximate surface area is 218 Å². The summed E-state index contributed by atoms with van der Waals surface area (Å²) < 4.78 is 32.7. The van der Waals surface area contributed by atoms with Gasteiger partial charge in [0.25, 0.3) is 5.91 Å². The van der Waals surface area contributed by atoms with Crippen molar-refractivity contribution in [3.63, 3.8) is 0 Å². The highest BCUT2D eigenvalue weighted by atomic mass is 32.1. The number of hydrogen-bond donors (Lipinski definition) is 4. The van der Waals surface area contributed by atoms with Gasteiger partial charge < -0.3 is 25.8 Å². The van der Waals surface area contributed by atoms with Crippen molar-refractivity contribution in [2.24, 2.45) is 5.92 Å². The molecule has 0 radical (unpaired) electrons. The van der Waals surface area contributed by atoms with Gasteiger partial charge in [-0.2, -0.15) is 0 Å². The lowest BCUT2D eigenvalue weighted by atomic mass is 9.86. The minimum absolute atomic E-state index is 0.119. The molecule has 0 saturated heterocycles. The number of hydrogen-bond acceptors (Lipinski definition) is 7. The summed E-state index contributed by atoms with van der Waals surface area (Å²) in [5, 5.41) is 21.0. The Hall–Kier alpha value is -2.96. The van der Waals surface area contributed by atoms with Gasteiger partial charge in [0, 0.05) is 37.4 Å². The van der Waals surface area contributed by atoms with Crippen molar-refractivity contribution < 1.29 is 33.0 Å². The first-order chi connectivity index (χ1) is 17.7. The smallest absolute Gasteiger partial charge is 0.251 e. The number of benzene rings is 1. The molecule has 202 valence electrons. The van der Waals surface area contributed by atoms with Crippen LogP contribution in [0.1, 0.15) is 36.3 Å². The Kier molecular flexibility index (Phi) is 10.5. The Morgan fingerprint density at radius 1 is 1.22 bits per heavy atom. The molecule has 1 aliphatic carbocycles. The minimum atomic E-state index is -2.92. The van der Waals surface area contributed by atoms with E-state index in [1.165, 1.54) is 18.4 Å². The largest absolute Gasteiger partial charge is 0.382 e. The van der Waals surface area contributed by atoms with E-state index in [0.29, 0.717) is 11.4 Å². The van der Waals surface area contributed by atoms with Gasteiger partial charge in [-0.15, -0.1) is 11.3 Å². The van der Waals surface area contributed by atoms with Crippen molar-refractivity contribution in [2.45, 2.75) is 62.8 Å². The molecule has 3 amide bonds. The predicted molar refractivity (Wildman–Crippen MR) is 133 cm³/mol. The van der Waals surface area contributed by atoms with Gasteiger partial charge in [-0.3, -0.25) is 14.4 Å². The lowest BCUT2D eigenvalue weighted by molar-refractivity contribution is -0.138. The monoisotopic (exact) mass is 538 g/mol. The molecule has 1 aromatic carbocycles. The first kappa shape index (κ1) is 28.6. The van der Waals surface area contributed by atoms with Crippen LogP contribution in [0.5, 0.6) is 0 Å². The van der Waals surface area contributed by atoms with E-state index in [2.05, 4.69) is 20.9 Å². The zero-order chi connectivity index (χ0) is 26.8. The van der Waals surface area contributed by atoms with Crippen LogP contribution in [0.15, 0.2) is 41.9 Å². The molecule has 1 heterocycles. The van der Waals surface area contributed by atoms with Crippen LogP contribution in [0.4, 0.5) is 8.78 Å². The zero-order valence-corrected chi connectivity index (χ0v) is 21.3. The minimum Gasteiger partial charge on any atom is -0.382 e. The molecule has 0 bridgehead atoms. The molecule has 1 saturated carbocycles. The SMILES string of the molecule is COC[C@@H](NC(=O)[C@@H]1CCCC(F)(F)C1)C(=O)N[C@H](Cc1ccccc1)[C@H](O)C(=O)NCc1nccs1. The van der Waals surface area contributed by atoms with E-state index in [1.54, 1.807) is 35.8 Å². The second-order valence-corrected chi connectivity index (χ2v) is 10.0. The van der Waals surface area contributed by atoms with Crippen molar-refractivity contribution in [1.29, 1.82) is 0 Å². The molecule has 4 N–H and O–H groups in total. The summed E-state index contributed by atoms with van der Waals surface area (Å²) in [4.78, 5) is 42.6. The Bertz CT molecular complexity index is 1030. The average molecular weight is 539 g/mol. The molecule has 4 atom stereocenters. The Balaban J connectivity index is 1.69. The van der Waals surface area contributed by atoms with Crippen molar-refractivity contribution in [2.75, 3.05) is 13.7 Å². The first-order valence-electron chi connectivity index (χ1n) is 12.0. The number of halogens is 2. The number of carbonyl (C=O) groups excluding carboxylic acids is 3. The Morgan fingerprint density at radius 3 is 2.62 bits per heavy atom. The number of amides is 3. The maximum atomic E-state index is 13.8. The number of nitrogens with zero attached hydrogens (tertiary/aromatic N) is 1. The van der Waals surface area contributed by atoms with Crippen LogP contribution in [-0.2, 0) is 32.1 Å². The van der Waals surface area contributed by atoms with E-state index in [-0.39, 0.29) is 32.4 Å². The quantitative estimate of drug-likeness (QED) is 0.326. The van der Waals surface area contributed by atoms with Gasteiger partial charge in [-0.05, 0) is 24.8 Å². The van der Waals surface area contributed by atoms with Crippen LogP contribution in [0, 0.1) is 5.92 Å². The van der Waals surface area contributed by atoms with E-state index < -0.39 is 54.2 Å². The van der Waals surface area contributed by atoms with E-state index in [9.17, 15) is 28.3 Å². The summed E-state index contributed by atoms with van der Waals surface area (Å²) >= 11 is 1.35. The van der Waals surface area contributed by atoms with Crippen LogP contribution in [0.3, 0.4) is 0 Å². The fourth-order valence-electron chi connectivity index (χ4n) is 4.22. The van der Waals surface area contributed by atoms with E-state index >= 15 is 0 Å². The van der Waals surface area contributed by atoms with Gasteiger partial charge in [-0.1, -0.05) is 30.3 Å². The second kappa shape index (κ2) is 13.5. The second-order valence-electron chi connectivity index (χ2n) is 9.06. The van der Waals surface area contributed by atoms with Crippen LogP contribution in [0.25, 0.3) is 0 Å². The predicted octanol–water partition coefficient (Wildman–Crippen LogP) is 1.80. The molecular weight excluding hydrogens is 506 g/mol. The van der Waals surface area contributed by atoms with Crippen LogP contribution >= 0.6 is 11.3 Å². The lowest BCUT2D eigenvalue weighted by Crippen LogP contribution is -2.58. The first-order valence-corrected chi connectivity index (χ1v) is 12.9. The molecule has 1 aromatic heterocycles. The topological polar surface area (TPSA) is 130 Å². The highest BCUT2D eigenvalue weighted by Crippen LogP contribution is 2.36. The van der Waals surface area contributed by atoms with Gasteiger partial charge >= 0.3 is 0 Å². The fourth-order valence-corrected chi connectivity index (χ4v) is 4.77. The van der Waals surface area contributed by atoms with Crippen molar-refractivity contribution >= 4 is 29.1 Å². The number of aliphatic hydroxyl groups is 1. The number of methoxy groups -OCH3 is 1. The number of nitrogens with one attached hydrogen (secondary N) is 3. The van der Waals surface area contributed by atoms with E-state index in [1.807, 2.05) is 6.07 Å². The number of aliphatic hydroxyl groups excluding tert-OH is 1. The van der Waals surface area contributed by atoms with Crippen LogP contribution in [0.2, 0.25) is 0 Å². The summed E-state index contributed by atoms with van der Waals surface area (Å²) in [6.07, 6.45) is -0.205. The summed E-state index contributed by atoms with van der Waals surface area (Å²) in [6, 6.07) is 6.73. The van der Waals surface area contributed by atoms with Crippen LogP contribution in [-0.4, -0.2) is 65.6 Å². The maximum absolute atomic E-state index is 13.8. The van der Waals surface area contributed by atoms with Gasteiger partial charge in [-0.25, -0.2) is 13.8 Å². The number of alkyl halides is 2. The van der Waals surface area contributed by atoms with E-state index in [0.717, 1.165) is 5.56 Å². The van der Waals surface area contributed by atoms with Crippen LogP contribution < -0.4 is 16.0 Å². The average Bonchev–Trinajstić information content (AvgIpc) is 3.40. The van der Waals surface area contributed by atoms with Crippen molar-refractivity contribution in [1.82, 2.24) is 20.9 Å². The third kappa shape index (κ3) is 8.83.